The number of ether oxygens (including phenoxy) is 1. The summed E-state index contributed by atoms with van der Waals surface area (Å²) in [6.45, 7) is 1.48. The molecule has 0 aliphatic carbocycles. The smallest absolute Gasteiger partial charge is 0.240 e. The summed E-state index contributed by atoms with van der Waals surface area (Å²) in [6.07, 6.45) is 0. The van der Waals surface area contributed by atoms with Gasteiger partial charge >= 0.3 is 0 Å². The van der Waals surface area contributed by atoms with Crippen LogP contribution in [0.1, 0.15) is 11.9 Å². The van der Waals surface area contributed by atoms with E-state index in [-0.39, 0.29) is 17.3 Å². The second-order valence-corrected chi connectivity index (χ2v) is 8.59. The van der Waals surface area contributed by atoms with Gasteiger partial charge in [-0.3, -0.25) is 4.79 Å². The van der Waals surface area contributed by atoms with Crippen molar-refractivity contribution in [3.8, 4) is 17.0 Å². The normalized spacial score (nSPS) is 11.2. The van der Waals surface area contributed by atoms with E-state index in [1.54, 1.807) is 19.2 Å². The first kappa shape index (κ1) is 20.0. The summed E-state index contributed by atoms with van der Waals surface area (Å²) in [5.74, 6) is 0.543. The molecule has 0 atom stereocenters. The number of hydrogen-bond acceptors (Lipinski definition) is 6. The Hall–Kier alpha value is -2.75. The van der Waals surface area contributed by atoms with Crippen LogP contribution in [-0.4, -0.2) is 26.4 Å². The lowest BCUT2D eigenvalue weighted by Gasteiger charge is -2.07. The van der Waals surface area contributed by atoms with Gasteiger partial charge in [0.15, 0.2) is 0 Å². The summed E-state index contributed by atoms with van der Waals surface area (Å²) >= 11 is 1.38. The van der Waals surface area contributed by atoms with Gasteiger partial charge in [0.05, 0.1) is 24.2 Å². The zero-order chi connectivity index (χ0) is 20.1. The fourth-order valence-corrected chi connectivity index (χ4v) is 4.27. The summed E-state index contributed by atoms with van der Waals surface area (Å²) in [5.41, 5.74) is 2.25. The first-order chi connectivity index (χ1) is 13.4. The van der Waals surface area contributed by atoms with E-state index >= 15 is 0 Å². The molecule has 2 aromatic carbocycles. The standard InChI is InChI=1S/C19H19N3O4S2/c1-13(23)21-15-5-9-17(10-6-15)28(24,25)20-11-19-22-18(12-27-19)14-3-7-16(26-2)8-4-14/h3-10,12,20H,11H2,1-2H3,(H,21,23). The molecule has 0 saturated carbocycles. The number of hydrogen-bond donors (Lipinski definition) is 2. The van der Waals surface area contributed by atoms with Gasteiger partial charge in [-0.25, -0.2) is 18.1 Å². The third kappa shape index (κ3) is 4.94. The molecule has 1 amide bonds. The highest BCUT2D eigenvalue weighted by Gasteiger charge is 2.15. The number of amides is 1. The van der Waals surface area contributed by atoms with Crippen LogP contribution in [0.4, 0.5) is 5.69 Å². The van der Waals surface area contributed by atoms with Crippen molar-refractivity contribution in [2.24, 2.45) is 0 Å². The van der Waals surface area contributed by atoms with Crippen molar-refractivity contribution in [1.82, 2.24) is 9.71 Å². The highest BCUT2D eigenvalue weighted by Crippen LogP contribution is 2.24. The fraction of sp³-hybridized carbons (Fsp3) is 0.158. The Kier molecular flexibility index (Phi) is 6.08. The predicted octanol–water partition coefficient (Wildman–Crippen LogP) is 3.26. The number of anilines is 1. The van der Waals surface area contributed by atoms with Crippen molar-refractivity contribution in [3.05, 3.63) is 58.9 Å². The second-order valence-electron chi connectivity index (χ2n) is 5.89. The number of sulfonamides is 1. The molecule has 3 rings (SSSR count). The Bertz CT molecular complexity index is 1060. The van der Waals surface area contributed by atoms with Crippen molar-refractivity contribution in [3.63, 3.8) is 0 Å². The van der Waals surface area contributed by atoms with Gasteiger partial charge in [-0.15, -0.1) is 11.3 Å². The average molecular weight is 418 g/mol. The monoisotopic (exact) mass is 417 g/mol. The largest absolute Gasteiger partial charge is 0.497 e. The predicted molar refractivity (Wildman–Crippen MR) is 109 cm³/mol. The molecule has 3 aromatic rings. The molecule has 0 saturated heterocycles. The average Bonchev–Trinajstić information content (AvgIpc) is 3.16. The third-order valence-corrected chi connectivity index (χ3v) is 6.10. The van der Waals surface area contributed by atoms with Crippen LogP contribution in [0.15, 0.2) is 58.8 Å². The van der Waals surface area contributed by atoms with Crippen LogP contribution in [0.5, 0.6) is 5.75 Å². The Morgan fingerprint density at radius 1 is 1.11 bits per heavy atom. The maximum Gasteiger partial charge on any atom is 0.240 e. The summed E-state index contributed by atoms with van der Waals surface area (Å²) in [7, 11) is -2.07. The zero-order valence-corrected chi connectivity index (χ0v) is 16.9. The number of nitrogens with zero attached hydrogens (tertiary/aromatic N) is 1. The van der Waals surface area contributed by atoms with Gasteiger partial charge in [0.1, 0.15) is 10.8 Å². The number of thiazole rings is 1. The Balaban J connectivity index is 1.66. The first-order valence-electron chi connectivity index (χ1n) is 8.33. The molecule has 0 bridgehead atoms. The lowest BCUT2D eigenvalue weighted by molar-refractivity contribution is -0.114. The van der Waals surface area contributed by atoms with Crippen LogP contribution >= 0.6 is 11.3 Å². The van der Waals surface area contributed by atoms with E-state index in [1.807, 2.05) is 29.6 Å². The summed E-state index contributed by atoms with van der Waals surface area (Å²) < 4.78 is 32.6. The van der Waals surface area contributed by atoms with Crippen molar-refractivity contribution < 1.29 is 17.9 Å². The number of carbonyl (C=O) groups excluding carboxylic acids is 1. The molecule has 0 fully saturated rings. The van der Waals surface area contributed by atoms with Crippen LogP contribution in [-0.2, 0) is 21.4 Å². The summed E-state index contributed by atoms with van der Waals surface area (Å²) in [6, 6.07) is 13.5. The molecule has 146 valence electrons. The highest BCUT2D eigenvalue weighted by atomic mass is 32.2. The molecule has 7 nitrogen and oxygen atoms in total. The molecule has 9 heteroatoms. The lowest BCUT2D eigenvalue weighted by atomic mass is 10.2. The fourth-order valence-electron chi connectivity index (χ4n) is 2.45. The highest BCUT2D eigenvalue weighted by molar-refractivity contribution is 7.89. The van der Waals surface area contributed by atoms with Gasteiger partial charge in [0, 0.05) is 23.6 Å². The Morgan fingerprint density at radius 3 is 2.39 bits per heavy atom. The quantitative estimate of drug-likeness (QED) is 0.615. The minimum Gasteiger partial charge on any atom is -0.497 e. The molecule has 1 aromatic heterocycles. The molecular weight excluding hydrogens is 398 g/mol. The van der Waals surface area contributed by atoms with Gasteiger partial charge in [0.25, 0.3) is 0 Å². The molecule has 0 aliphatic heterocycles. The van der Waals surface area contributed by atoms with E-state index in [0.29, 0.717) is 10.7 Å². The van der Waals surface area contributed by atoms with E-state index in [0.717, 1.165) is 17.0 Å². The SMILES string of the molecule is COc1ccc(-c2csc(CNS(=O)(=O)c3ccc(NC(C)=O)cc3)n2)cc1. The van der Waals surface area contributed by atoms with Gasteiger partial charge in [-0.2, -0.15) is 0 Å². The molecule has 0 aliphatic rings. The van der Waals surface area contributed by atoms with Gasteiger partial charge < -0.3 is 10.1 Å². The topological polar surface area (TPSA) is 97.4 Å². The van der Waals surface area contributed by atoms with Crippen LogP contribution < -0.4 is 14.8 Å². The maximum atomic E-state index is 12.5. The number of carbonyl (C=O) groups is 1. The molecule has 0 radical (unpaired) electrons. The van der Waals surface area contributed by atoms with Gasteiger partial charge in [-0.05, 0) is 48.5 Å². The summed E-state index contributed by atoms with van der Waals surface area (Å²) in [4.78, 5) is 15.6. The number of aromatic nitrogens is 1. The molecule has 0 unspecified atom stereocenters. The van der Waals surface area contributed by atoms with E-state index in [2.05, 4.69) is 15.0 Å². The Morgan fingerprint density at radius 2 is 1.79 bits per heavy atom. The third-order valence-electron chi connectivity index (χ3n) is 3.84. The van der Waals surface area contributed by atoms with Crippen LogP contribution in [0.3, 0.4) is 0 Å². The van der Waals surface area contributed by atoms with E-state index in [1.165, 1.54) is 30.4 Å². The minimum absolute atomic E-state index is 0.0939. The van der Waals surface area contributed by atoms with Crippen LogP contribution in [0, 0.1) is 0 Å². The second kappa shape index (κ2) is 8.51. The first-order valence-corrected chi connectivity index (χ1v) is 10.7. The number of rotatable bonds is 7. The van der Waals surface area contributed by atoms with Crippen molar-refractivity contribution >= 4 is 33.0 Å². The molecule has 0 spiro atoms. The maximum absolute atomic E-state index is 12.5. The molecule has 2 N–H and O–H groups in total. The molecular formula is C19H19N3O4S2. The van der Waals surface area contributed by atoms with Crippen LogP contribution in [0.25, 0.3) is 11.3 Å². The van der Waals surface area contributed by atoms with E-state index in [4.69, 9.17) is 4.74 Å². The minimum atomic E-state index is -3.68. The van der Waals surface area contributed by atoms with Crippen molar-refractivity contribution in [2.75, 3.05) is 12.4 Å². The molecule has 28 heavy (non-hydrogen) atoms. The zero-order valence-electron chi connectivity index (χ0n) is 15.3. The van der Waals surface area contributed by atoms with E-state index in [9.17, 15) is 13.2 Å². The van der Waals surface area contributed by atoms with Crippen molar-refractivity contribution in [2.45, 2.75) is 18.4 Å². The van der Waals surface area contributed by atoms with Crippen LogP contribution in [0.2, 0.25) is 0 Å². The number of nitrogens with one attached hydrogen (secondary N) is 2. The summed E-state index contributed by atoms with van der Waals surface area (Å²) in [5, 5.41) is 5.14. The molecule has 1 heterocycles. The lowest BCUT2D eigenvalue weighted by Crippen LogP contribution is -2.23. The van der Waals surface area contributed by atoms with Crippen molar-refractivity contribution in [1.29, 1.82) is 0 Å². The van der Waals surface area contributed by atoms with Gasteiger partial charge in [0.2, 0.25) is 15.9 Å². The van der Waals surface area contributed by atoms with Gasteiger partial charge in [-0.1, -0.05) is 0 Å². The van der Waals surface area contributed by atoms with E-state index < -0.39 is 10.0 Å². The number of methoxy groups -OCH3 is 1. The Labute approximate surface area is 167 Å². The number of benzene rings is 2.